The average Bonchev–Trinajstić information content (AvgIpc) is 2.31. The maximum Gasteiger partial charge on any atom is 0.162 e. The van der Waals surface area contributed by atoms with Gasteiger partial charge in [0.15, 0.2) is 17.3 Å². The summed E-state index contributed by atoms with van der Waals surface area (Å²) < 4.78 is 10.9. The Morgan fingerprint density at radius 2 is 1.69 bits per heavy atom. The molecule has 1 rings (SSSR count). The third-order valence-corrected chi connectivity index (χ3v) is 2.19. The number of Topliss-reactive ketones (excluding diaryl/α,β-unsaturated/α-hetero) is 1. The highest BCUT2D eigenvalue weighted by Gasteiger charge is 2.09. The number of hydrogen-bond acceptors (Lipinski definition) is 3. The van der Waals surface area contributed by atoms with Crippen molar-refractivity contribution in [2.75, 3.05) is 13.2 Å². The first-order valence-electron chi connectivity index (χ1n) is 5.65. The molecule has 0 radical (unpaired) electrons. The summed E-state index contributed by atoms with van der Waals surface area (Å²) >= 11 is 0. The Morgan fingerprint density at radius 3 is 2.25 bits per heavy atom. The van der Waals surface area contributed by atoms with Gasteiger partial charge in [-0.15, -0.1) is 0 Å². The summed E-state index contributed by atoms with van der Waals surface area (Å²) in [5.41, 5.74) is 0.675. The van der Waals surface area contributed by atoms with Gasteiger partial charge in [-0.25, -0.2) is 0 Å². The monoisotopic (exact) mass is 222 g/mol. The molecule has 0 fully saturated rings. The molecule has 0 saturated carbocycles. The fourth-order valence-electron chi connectivity index (χ4n) is 1.43. The van der Waals surface area contributed by atoms with Crippen LogP contribution in [0.4, 0.5) is 0 Å². The Bertz CT molecular complexity index is 358. The van der Waals surface area contributed by atoms with Crippen LogP contribution < -0.4 is 9.47 Å². The van der Waals surface area contributed by atoms with Crippen molar-refractivity contribution < 1.29 is 14.3 Å². The second-order valence-corrected chi connectivity index (χ2v) is 3.30. The van der Waals surface area contributed by atoms with Crippen molar-refractivity contribution in [2.24, 2.45) is 0 Å². The van der Waals surface area contributed by atoms with E-state index < -0.39 is 0 Å². The smallest absolute Gasteiger partial charge is 0.162 e. The predicted molar refractivity (Wildman–Crippen MR) is 63.4 cm³/mol. The lowest BCUT2D eigenvalue weighted by molar-refractivity contribution is 0.0987. The topological polar surface area (TPSA) is 35.5 Å². The molecule has 0 atom stereocenters. The summed E-state index contributed by atoms with van der Waals surface area (Å²) in [5, 5.41) is 0. The van der Waals surface area contributed by atoms with Crippen LogP contribution in [-0.4, -0.2) is 19.0 Å². The van der Waals surface area contributed by atoms with Gasteiger partial charge in [-0.2, -0.15) is 0 Å². The lowest BCUT2D eigenvalue weighted by atomic mass is 10.1. The van der Waals surface area contributed by atoms with Crippen LogP contribution in [0.25, 0.3) is 0 Å². The lowest BCUT2D eigenvalue weighted by Crippen LogP contribution is -2.02. The van der Waals surface area contributed by atoms with E-state index in [-0.39, 0.29) is 5.78 Å². The molecule has 0 bridgehead atoms. The molecule has 1 aromatic carbocycles. The van der Waals surface area contributed by atoms with Crippen LogP contribution in [0.2, 0.25) is 0 Å². The van der Waals surface area contributed by atoms with E-state index in [9.17, 15) is 4.79 Å². The lowest BCUT2D eigenvalue weighted by Gasteiger charge is -2.11. The summed E-state index contributed by atoms with van der Waals surface area (Å²) in [5.74, 6) is 1.45. The SMILES string of the molecule is CCOc1ccc(C(=O)CC)cc1OCC. The van der Waals surface area contributed by atoms with E-state index in [1.54, 1.807) is 18.2 Å². The van der Waals surface area contributed by atoms with Crippen LogP contribution in [0.15, 0.2) is 18.2 Å². The predicted octanol–water partition coefficient (Wildman–Crippen LogP) is 3.08. The fourth-order valence-corrected chi connectivity index (χ4v) is 1.43. The summed E-state index contributed by atoms with van der Waals surface area (Å²) in [6, 6.07) is 5.32. The Hall–Kier alpha value is -1.51. The zero-order chi connectivity index (χ0) is 12.0. The minimum atomic E-state index is 0.115. The van der Waals surface area contributed by atoms with Gasteiger partial charge in [0, 0.05) is 12.0 Å². The Labute approximate surface area is 96.4 Å². The fraction of sp³-hybridized carbons (Fsp3) is 0.462. The Morgan fingerprint density at radius 1 is 1.06 bits per heavy atom. The van der Waals surface area contributed by atoms with Gasteiger partial charge < -0.3 is 9.47 Å². The average molecular weight is 222 g/mol. The molecular weight excluding hydrogens is 204 g/mol. The van der Waals surface area contributed by atoms with Gasteiger partial charge >= 0.3 is 0 Å². The summed E-state index contributed by atoms with van der Waals surface area (Å²) in [6.45, 7) is 6.81. The largest absolute Gasteiger partial charge is 0.490 e. The third kappa shape index (κ3) is 2.99. The third-order valence-electron chi connectivity index (χ3n) is 2.19. The quantitative estimate of drug-likeness (QED) is 0.694. The molecule has 0 N–H and O–H groups in total. The van der Waals surface area contributed by atoms with Crippen LogP contribution in [0, 0.1) is 0 Å². The van der Waals surface area contributed by atoms with Crippen LogP contribution in [0.5, 0.6) is 11.5 Å². The number of rotatable bonds is 6. The minimum absolute atomic E-state index is 0.115. The molecular formula is C13H18O3. The van der Waals surface area contributed by atoms with E-state index in [4.69, 9.17) is 9.47 Å². The van der Waals surface area contributed by atoms with Gasteiger partial charge in [0.2, 0.25) is 0 Å². The molecule has 3 heteroatoms. The second-order valence-electron chi connectivity index (χ2n) is 3.30. The van der Waals surface area contributed by atoms with Gasteiger partial charge in [-0.05, 0) is 32.0 Å². The number of carbonyl (C=O) groups is 1. The molecule has 0 spiro atoms. The highest BCUT2D eigenvalue weighted by molar-refractivity contribution is 5.96. The van der Waals surface area contributed by atoms with Gasteiger partial charge in [0.05, 0.1) is 13.2 Å². The van der Waals surface area contributed by atoms with Crippen LogP contribution >= 0.6 is 0 Å². The van der Waals surface area contributed by atoms with Crippen LogP contribution in [0.3, 0.4) is 0 Å². The second kappa shape index (κ2) is 6.16. The molecule has 88 valence electrons. The molecule has 0 aromatic heterocycles. The highest BCUT2D eigenvalue weighted by atomic mass is 16.5. The molecule has 0 heterocycles. The van der Waals surface area contributed by atoms with E-state index in [0.717, 1.165) is 0 Å². The van der Waals surface area contributed by atoms with Gasteiger partial charge in [-0.3, -0.25) is 4.79 Å². The first kappa shape index (κ1) is 12.6. The van der Waals surface area contributed by atoms with Crippen molar-refractivity contribution in [3.8, 4) is 11.5 Å². The van der Waals surface area contributed by atoms with E-state index >= 15 is 0 Å². The zero-order valence-electron chi connectivity index (χ0n) is 10.1. The number of carbonyl (C=O) groups excluding carboxylic acids is 1. The van der Waals surface area contributed by atoms with Crippen LogP contribution in [0.1, 0.15) is 37.6 Å². The van der Waals surface area contributed by atoms with Crippen molar-refractivity contribution in [1.82, 2.24) is 0 Å². The Kier molecular flexibility index (Phi) is 4.83. The summed E-state index contributed by atoms with van der Waals surface area (Å²) in [6.07, 6.45) is 0.500. The molecule has 0 amide bonds. The summed E-state index contributed by atoms with van der Waals surface area (Å²) in [4.78, 5) is 11.5. The number of hydrogen-bond donors (Lipinski definition) is 0. The van der Waals surface area contributed by atoms with Gasteiger partial charge in [0.1, 0.15) is 0 Å². The number of benzene rings is 1. The molecule has 0 aliphatic rings. The summed E-state index contributed by atoms with van der Waals surface area (Å²) in [7, 11) is 0. The standard InChI is InChI=1S/C13H18O3/c1-4-11(14)10-7-8-12(15-5-2)13(9-10)16-6-3/h7-9H,4-6H2,1-3H3. The molecule has 0 aliphatic heterocycles. The van der Waals surface area contributed by atoms with E-state index in [0.29, 0.717) is 36.7 Å². The van der Waals surface area contributed by atoms with E-state index in [1.807, 2.05) is 20.8 Å². The van der Waals surface area contributed by atoms with E-state index in [2.05, 4.69) is 0 Å². The van der Waals surface area contributed by atoms with Gasteiger partial charge in [0.25, 0.3) is 0 Å². The van der Waals surface area contributed by atoms with Crippen molar-refractivity contribution >= 4 is 5.78 Å². The first-order chi connectivity index (χ1) is 7.72. The number of ether oxygens (including phenoxy) is 2. The molecule has 16 heavy (non-hydrogen) atoms. The molecule has 0 saturated heterocycles. The van der Waals surface area contributed by atoms with Crippen molar-refractivity contribution in [3.63, 3.8) is 0 Å². The molecule has 0 unspecified atom stereocenters. The first-order valence-corrected chi connectivity index (χ1v) is 5.65. The van der Waals surface area contributed by atoms with Crippen molar-refractivity contribution in [3.05, 3.63) is 23.8 Å². The van der Waals surface area contributed by atoms with Crippen molar-refractivity contribution in [1.29, 1.82) is 0 Å². The zero-order valence-corrected chi connectivity index (χ0v) is 10.1. The van der Waals surface area contributed by atoms with Gasteiger partial charge in [-0.1, -0.05) is 6.92 Å². The maximum atomic E-state index is 11.5. The Balaban J connectivity index is 3.01. The van der Waals surface area contributed by atoms with E-state index in [1.165, 1.54) is 0 Å². The maximum absolute atomic E-state index is 11.5. The van der Waals surface area contributed by atoms with Crippen molar-refractivity contribution in [2.45, 2.75) is 27.2 Å². The minimum Gasteiger partial charge on any atom is -0.490 e. The van der Waals surface area contributed by atoms with Crippen LogP contribution in [-0.2, 0) is 0 Å². The normalized spacial score (nSPS) is 9.94. The molecule has 1 aromatic rings. The molecule has 0 aliphatic carbocycles. The molecule has 3 nitrogen and oxygen atoms in total. The number of ketones is 1. The highest BCUT2D eigenvalue weighted by Crippen LogP contribution is 2.28.